The first kappa shape index (κ1) is 9.99. The Balaban J connectivity index is 2.10. The van der Waals surface area contributed by atoms with Gasteiger partial charge in [0.05, 0.1) is 12.2 Å². The summed E-state index contributed by atoms with van der Waals surface area (Å²) in [6, 6.07) is 9.83. The molecule has 0 amide bonds. The number of nitrogens with one attached hydrogen (secondary N) is 1. The molecule has 3 rings (SSSR count). The largest absolute Gasteiger partial charge is 0.361 e. The van der Waals surface area contributed by atoms with Crippen LogP contribution in [0.25, 0.3) is 10.9 Å². The van der Waals surface area contributed by atoms with E-state index >= 15 is 0 Å². The summed E-state index contributed by atoms with van der Waals surface area (Å²) in [6.07, 6.45) is 5.31. The van der Waals surface area contributed by atoms with E-state index in [4.69, 9.17) is 5.73 Å². The van der Waals surface area contributed by atoms with Crippen molar-refractivity contribution in [1.82, 2.24) is 15.2 Å². The first-order valence-electron chi connectivity index (χ1n) is 5.44. The molecule has 84 valence electrons. The highest BCUT2D eigenvalue weighted by molar-refractivity contribution is 5.84. The van der Waals surface area contributed by atoms with Gasteiger partial charge in [0.25, 0.3) is 0 Å². The molecule has 0 fully saturated rings. The first-order chi connectivity index (χ1) is 8.36. The number of rotatable bonds is 2. The third-order valence-electron chi connectivity index (χ3n) is 2.92. The minimum Gasteiger partial charge on any atom is -0.361 e. The van der Waals surface area contributed by atoms with Gasteiger partial charge in [-0.2, -0.15) is 10.2 Å². The molecule has 0 aliphatic rings. The number of fused-ring (bicyclic) bond motifs is 1. The van der Waals surface area contributed by atoms with Gasteiger partial charge in [0.1, 0.15) is 0 Å². The molecule has 3 aromatic rings. The van der Waals surface area contributed by atoms with Crippen molar-refractivity contribution in [3.8, 4) is 0 Å². The van der Waals surface area contributed by atoms with Gasteiger partial charge in [-0.05, 0) is 23.3 Å². The van der Waals surface area contributed by atoms with Crippen molar-refractivity contribution in [2.75, 3.05) is 0 Å². The molecule has 0 aliphatic carbocycles. The fraction of sp³-hybridized carbons (Fsp3) is 0.0769. The van der Waals surface area contributed by atoms with E-state index in [0.29, 0.717) is 0 Å². The topological polar surface area (TPSA) is 67.6 Å². The van der Waals surface area contributed by atoms with E-state index in [2.05, 4.69) is 21.2 Å². The standard InChI is InChI=1S/C13H12N4/c14-13(9-5-6-16-17-7-9)11-8-15-12-4-2-1-3-10(11)12/h1-8,13,15H,14H2. The highest BCUT2D eigenvalue weighted by Gasteiger charge is 2.13. The molecule has 3 N–H and O–H groups in total. The lowest BCUT2D eigenvalue weighted by molar-refractivity contribution is 0.853. The summed E-state index contributed by atoms with van der Waals surface area (Å²) in [7, 11) is 0. The van der Waals surface area contributed by atoms with Crippen LogP contribution in [0, 0.1) is 0 Å². The maximum Gasteiger partial charge on any atom is 0.0589 e. The molecule has 0 aliphatic heterocycles. The van der Waals surface area contributed by atoms with Crippen molar-refractivity contribution in [2.24, 2.45) is 5.73 Å². The van der Waals surface area contributed by atoms with Gasteiger partial charge in [-0.3, -0.25) is 0 Å². The zero-order chi connectivity index (χ0) is 11.7. The van der Waals surface area contributed by atoms with Crippen LogP contribution in [0.3, 0.4) is 0 Å². The Labute approximate surface area is 98.5 Å². The molecule has 0 spiro atoms. The molecular weight excluding hydrogens is 212 g/mol. The summed E-state index contributed by atoms with van der Waals surface area (Å²) in [6.45, 7) is 0. The summed E-state index contributed by atoms with van der Waals surface area (Å²) in [5, 5.41) is 8.76. The maximum absolute atomic E-state index is 6.24. The number of aromatic amines is 1. The number of H-pyrrole nitrogens is 1. The lowest BCUT2D eigenvalue weighted by Crippen LogP contribution is -2.11. The van der Waals surface area contributed by atoms with Gasteiger partial charge in [0, 0.05) is 23.3 Å². The Morgan fingerprint density at radius 1 is 1.12 bits per heavy atom. The molecule has 1 atom stereocenters. The van der Waals surface area contributed by atoms with Gasteiger partial charge in [-0.15, -0.1) is 0 Å². The second-order valence-electron chi connectivity index (χ2n) is 3.94. The predicted molar refractivity (Wildman–Crippen MR) is 66.4 cm³/mol. The Bertz CT molecular complexity index is 630. The van der Waals surface area contributed by atoms with E-state index in [9.17, 15) is 0 Å². The second kappa shape index (κ2) is 3.99. The molecule has 1 unspecified atom stereocenters. The van der Waals surface area contributed by atoms with Crippen LogP contribution in [0.2, 0.25) is 0 Å². The van der Waals surface area contributed by atoms with Crippen LogP contribution >= 0.6 is 0 Å². The van der Waals surface area contributed by atoms with Crippen molar-refractivity contribution in [2.45, 2.75) is 6.04 Å². The van der Waals surface area contributed by atoms with Crippen LogP contribution < -0.4 is 5.73 Å². The summed E-state index contributed by atoms with van der Waals surface area (Å²) in [5.41, 5.74) is 9.38. The van der Waals surface area contributed by atoms with Crippen molar-refractivity contribution < 1.29 is 0 Å². The number of benzene rings is 1. The van der Waals surface area contributed by atoms with Gasteiger partial charge >= 0.3 is 0 Å². The average molecular weight is 224 g/mol. The van der Waals surface area contributed by atoms with E-state index in [1.165, 1.54) is 0 Å². The van der Waals surface area contributed by atoms with Crippen LogP contribution in [0.5, 0.6) is 0 Å². The molecule has 0 bridgehead atoms. The summed E-state index contributed by atoms with van der Waals surface area (Å²) >= 11 is 0. The summed E-state index contributed by atoms with van der Waals surface area (Å²) in [4.78, 5) is 3.22. The second-order valence-corrected chi connectivity index (χ2v) is 3.94. The summed E-state index contributed by atoms with van der Waals surface area (Å²) in [5.74, 6) is 0. The third kappa shape index (κ3) is 1.68. The average Bonchev–Trinajstić information content (AvgIpc) is 2.83. The Morgan fingerprint density at radius 2 is 2.00 bits per heavy atom. The molecule has 17 heavy (non-hydrogen) atoms. The fourth-order valence-corrected chi connectivity index (χ4v) is 2.02. The number of aromatic nitrogens is 3. The van der Waals surface area contributed by atoms with Gasteiger partial charge in [0.15, 0.2) is 0 Å². The van der Waals surface area contributed by atoms with Gasteiger partial charge in [-0.25, -0.2) is 0 Å². The van der Waals surface area contributed by atoms with E-state index < -0.39 is 0 Å². The molecule has 0 radical (unpaired) electrons. The summed E-state index contributed by atoms with van der Waals surface area (Å²) < 4.78 is 0. The van der Waals surface area contributed by atoms with E-state index in [1.807, 2.05) is 30.5 Å². The van der Waals surface area contributed by atoms with E-state index in [1.54, 1.807) is 12.4 Å². The third-order valence-corrected chi connectivity index (χ3v) is 2.92. The molecule has 0 saturated heterocycles. The Hall–Kier alpha value is -2.20. The first-order valence-corrected chi connectivity index (χ1v) is 5.44. The minimum atomic E-state index is -0.179. The SMILES string of the molecule is NC(c1ccnnc1)c1c[nH]c2ccccc12. The van der Waals surface area contributed by atoms with Crippen molar-refractivity contribution in [1.29, 1.82) is 0 Å². The Kier molecular flexibility index (Phi) is 2.34. The zero-order valence-corrected chi connectivity index (χ0v) is 9.17. The monoisotopic (exact) mass is 224 g/mol. The minimum absolute atomic E-state index is 0.179. The van der Waals surface area contributed by atoms with Crippen molar-refractivity contribution in [3.05, 3.63) is 60.0 Å². The van der Waals surface area contributed by atoms with Crippen LogP contribution in [0.1, 0.15) is 17.2 Å². The molecule has 4 nitrogen and oxygen atoms in total. The number of para-hydroxylation sites is 1. The lowest BCUT2D eigenvalue weighted by Gasteiger charge is -2.09. The number of hydrogen-bond acceptors (Lipinski definition) is 3. The Morgan fingerprint density at radius 3 is 2.82 bits per heavy atom. The highest BCUT2D eigenvalue weighted by Crippen LogP contribution is 2.26. The fourth-order valence-electron chi connectivity index (χ4n) is 2.02. The molecule has 2 aromatic heterocycles. The number of nitrogens with two attached hydrogens (primary N) is 1. The van der Waals surface area contributed by atoms with Crippen LogP contribution in [0.15, 0.2) is 48.9 Å². The molecule has 0 saturated carbocycles. The van der Waals surface area contributed by atoms with Crippen molar-refractivity contribution in [3.63, 3.8) is 0 Å². The molecule has 1 aromatic carbocycles. The van der Waals surface area contributed by atoms with E-state index in [-0.39, 0.29) is 6.04 Å². The lowest BCUT2D eigenvalue weighted by atomic mass is 10.0. The molecular formula is C13H12N4. The van der Waals surface area contributed by atoms with Crippen LogP contribution in [0.4, 0.5) is 0 Å². The van der Waals surface area contributed by atoms with Crippen LogP contribution in [-0.2, 0) is 0 Å². The number of hydrogen-bond donors (Lipinski definition) is 2. The molecule has 2 heterocycles. The normalized spacial score (nSPS) is 12.8. The smallest absolute Gasteiger partial charge is 0.0589 e. The number of nitrogens with zero attached hydrogens (tertiary/aromatic N) is 2. The quantitative estimate of drug-likeness (QED) is 0.699. The molecule has 4 heteroatoms. The van der Waals surface area contributed by atoms with Gasteiger partial charge in [-0.1, -0.05) is 18.2 Å². The zero-order valence-electron chi connectivity index (χ0n) is 9.17. The van der Waals surface area contributed by atoms with Crippen molar-refractivity contribution >= 4 is 10.9 Å². The van der Waals surface area contributed by atoms with Gasteiger partial charge in [0.2, 0.25) is 0 Å². The van der Waals surface area contributed by atoms with E-state index in [0.717, 1.165) is 22.0 Å². The van der Waals surface area contributed by atoms with Gasteiger partial charge < -0.3 is 10.7 Å². The predicted octanol–water partition coefficient (Wildman–Crippen LogP) is 2.01. The highest BCUT2D eigenvalue weighted by atomic mass is 15.1. The van der Waals surface area contributed by atoms with Crippen LogP contribution in [-0.4, -0.2) is 15.2 Å². The maximum atomic E-state index is 6.24.